The summed E-state index contributed by atoms with van der Waals surface area (Å²) in [4.78, 5) is 0. The Kier molecular flexibility index (Phi) is 7.03. The van der Waals surface area contributed by atoms with Gasteiger partial charge in [0.25, 0.3) is 0 Å². The molecule has 0 aromatic heterocycles. The fourth-order valence-corrected chi connectivity index (χ4v) is 1.95. The van der Waals surface area contributed by atoms with Gasteiger partial charge in [-0.1, -0.05) is 20.3 Å². The van der Waals surface area contributed by atoms with Gasteiger partial charge < -0.3 is 10.1 Å². The average Bonchev–Trinajstić information content (AvgIpc) is 3.06. The molecule has 90 valence electrons. The first-order valence-corrected chi connectivity index (χ1v) is 6.69. The number of hydrogen-bond acceptors (Lipinski definition) is 2. The molecule has 0 bridgehead atoms. The van der Waals surface area contributed by atoms with E-state index in [2.05, 4.69) is 19.2 Å². The highest BCUT2D eigenvalue weighted by Gasteiger charge is 2.28. The van der Waals surface area contributed by atoms with E-state index in [-0.39, 0.29) is 0 Å². The van der Waals surface area contributed by atoms with Crippen molar-refractivity contribution in [3.63, 3.8) is 0 Å². The van der Waals surface area contributed by atoms with Gasteiger partial charge in [-0.05, 0) is 44.6 Å². The highest BCUT2D eigenvalue weighted by molar-refractivity contribution is 4.85. The molecule has 1 saturated carbocycles. The molecular formula is C13H27NO. The van der Waals surface area contributed by atoms with Gasteiger partial charge in [0, 0.05) is 19.3 Å². The van der Waals surface area contributed by atoms with E-state index < -0.39 is 0 Å². The maximum Gasteiger partial charge on any atom is 0.0478 e. The van der Waals surface area contributed by atoms with Gasteiger partial charge in [0.2, 0.25) is 0 Å². The number of unbranched alkanes of at least 4 members (excludes halogenated alkanes) is 1. The van der Waals surface area contributed by atoms with Crippen LogP contribution in [0.2, 0.25) is 0 Å². The van der Waals surface area contributed by atoms with E-state index >= 15 is 0 Å². The molecule has 0 aliphatic heterocycles. The standard InChI is InChI=1S/C13H27NO/c1-3-5-10-15-11-6-9-14-13(4-2)12-7-8-12/h12-14H,3-11H2,1-2H3. The van der Waals surface area contributed by atoms with Crippen LogP contribution in [0.15, 0.2) is 0 Å². The van der Waals surface area contributed by atoms with E-state index in [0.717, 1.165) is 38.1 Å². The predicted molar refractivity (Wildman–Crippen MR) is 65.1 cm³/mol. The third-order valence-corrected chi connectivity index (χ3v) is 3.15. The van der Waals surface area contributed by atoms with Crippen LogP contribution in [-0.4, -0.2) is 25.8 Å². The van der Waals surface area contributed by atoms with Gasteiger partial charge in [-0.15, -0.1) is 0 Å². The maximum absolute atomic E-state index is 5.53. The highest BCUT2D eigenvalue weighted by Crippen LogP contribution is 2.33. The van der Waals surface area contributed by atoms with E-state index in [1.165, 1.54) is 32.1 Å². The fourth-order valence-electron chi connectivity index (χ4n) is 1.95. The van der Waals surface area contributed by atoms with E-state index in [9.17, 15) is 0 Å². The van der Waals surface area contributed by atoms with Gasteiger partial charge in [0.1, 0.15) is 0 Å². The smallest absolute Gasteiger partial charge is 0.0478 e. The lowest BCUT2D eigenvalue weighted by Crippen LogP contribution is -2.31. The Morgan fingerprint density at radius 2 is 1.93 bits per heavy atom. The lowest BCUT2D eigenvalue weighted by Gasteiger charge is -2.15. The van der Waals surface area contributed by atoms with E-state index in [4.69, 9.17) is 4.74 Å². The van der Waals surface area contributed by atoms with Gasteiger partial charge in [0.15, 0.2) is 0 Å². The summed E-state index contributed by atoms with van der Waals surface area (Å²) in [6.07, 6.45) is 7.76. The Morgan fingerprint density at radius 1 is 1.20 bits per heavy atom. The Bertz CT molecular complexity index is 145. The molecular weight excluding hydrogens is 186 g/mol. The molecule has 2 heteroatoms. The molecule has 1 unspecified atom stereocenters. The number of nitrogens with one attached hydrogen (secondary N) is 1. The van der Waals surface area contributed by atoms with Crippen LogP contribution >= 0.6 is 0 Å². The zero-order valence-electron chi connectivity index (χ0n) is 10.4. The number of ether oxygens (including phenoxy) is 1. The first-order valence-electron chi connectivity index (χ1n) is 6.69. The van der Waals surface area contributed by atoms with Crippen molar-refractivity contribution in [3.05, 3.63) is 0 Å². The molecule has 1 N–H and O–H groups in total. The minimum atomic E-state index is 0.778. The summed E-state index contributed by atoms with van der Waals surface area (Å²) in [5.41, 5.74) is 0. The van der Waals surface area contributed by atoms with Crippen molar-refractivity contribution in [1.29, 1.82) is 0 Å². The zero-order valence-corrected chi connectivity index (χ0v) is 10.4. The lowest BCUT2D eigenvalue weighted by molar-refractivity contribution is 0.128. The van der Waals surface area contributed by atoms with Crippen molar-refractivity contribution >= 4 is 0 Å². The summed E-state index contributed by atoms with van der Waals surface area (Å²) in [7, 11) is 0. The first-order chi connectivity index (χ1) is 7.38. The quantitative estimate of drug-likeness (QED) is 0.563. The van der Waals surface area contributed by atoms with Crippen molar-refractivity contribution in [1.82, 2.24) is 5.32 Å². The molecule has 1 atom stereocenters. The van der Waals surface area contributed by atoms with E-state index in [1.54, 1.807) is 0 Å². The van der Waals surface area contributed by atoms with E-state index in [0.29, 0.717) is 0 Å². The van der Waals surface area contributed by atoms with Crippen molar-refractivity contribution in [3.8, 4) is 0 Å². The Labute approximate surface area is 94.8 Å². The molecule has 1 aliphatic carbocycles. The lowest BCUT2D eigenvalue weighted by atomic mass is 10.1. The molecule has 0 spiro atoms. The summed E-state index contributed by atoms with van der Waals surface area (Å²) < 4.78 is 5.53. The predicted octanol–water partition coefficient (Wildman–Crippen LogP) is 2.97. The molecule has 2 nitrogen and oxygen atoms in total. The fraction of sp³-hybridized carbons (Fsp3) is 1.00. The normalized spacial score (nSPS) is 18.0. The SMILES string of the molecule is CCCCOCCCNC(CC)C1CC1. The van der Waals surface area contributed by atoms with E-state index in [1.807, 2.05) is 0 Å². The van der Waals surface area contributed by atoms with Crippen LogP contribution in [0.4, 0.5) is 0 Å². The second kappa shape index (κ2) is 8.12. The summed E-state index contributed by atoms with van der Waals surface area (Å²) in [6.45, 7) is 7.48. The monoisotopic (exact) mass is 213 g/mol. The van der Waals surface area contributed by atoms with Crippen LogP contribution < -0.4 is 5.32 Å². The Balaban J connectivity index is 1.83. The van der Waals surface area contributed by atoms with Crippen LogP contribution in [0.1, 0.15) is 52.4 Å². The van der Waals surface area contributed by atoms with Crippen molar-refractivity contribution < 1.29 is 4.74 Å². The molecule has 1 aliphatic rings. The molecule has 1 rings (SSSR count). The Morgan fingerprint density at radius 3 is 2.53 bits per heavy atom. The van der Waals surface area contributed by atoms with Gasteiger partial charge in [-0.25, -0.2) is 0 Å². The molecule has 1 fully saturated rings. The number of hydrogen-bond donors (Lipinski definition) is 1. The molecule has 0 saturated heterocycles. The zero-order chi connectivity index (χ0) is 10.9. The summed E-state index contributed by atoms with van der Waals surface area (Å²) in [5.74, 6) is 0.982. The second-order valence-electron chi connectivity index (χ2n) is 4.63. The molecule has 0 aromatic rings. The van der Waals surface area contributed by atoms with Gasteiger partial charge in [-0.3, -0.25) is 0 Å². The second-order valence-corrected chi connectivity index (χ2v) is 4.63. The van der Waals surface area contributed by atoms with Crippen LogP contribution in [0.3, 0.4) is 0 Å². The summed E-state index contributed by atoms with van der Waals surface area (Å²) in [6, 6.07) is 0.778. The maximum atomic E-state index is 5.53. The molecule has 0 aromatic carbocycles. The highest BCUT2D eigenvalue weighted by atomic mass is 16.5. The molecule has 0 heterocycles. The van der Waals surface area contributed by atoms with Gasteiger partial charge in [-0.2, -0.15) is 0 Å². The summed E-state index contributed by atoms with van der Waals surface area (Å²) >= 11 is 0. The van der Waals surface area contributed by atoms with Crippen molar-refractivity contribution in [2.24, 2.45) is 5.92 Å². The van der Waals surface area contributed by atoms with Gasteiger partial charge in [0.05, 0.1) is 0 Å². The van der Waals surface area contributed by atoms with Crippen LogP contribution in [0, 0.1) is 5.92 Å². The topological polar surface area (TPSA) is 21.3 Å². The third-order valence-electron chi connectivity index (χ3n) is 3.15. The molecule has 0 amide bonds. The van der Waals surface area contributed by atoms with Crippen molar-refractivity contribution in [2.75, 3.05) is 19.8 Å². The average molecular weight is 213 g/mol. The third kappa shape index (κ3) is 6.16. The van der Waals surface area contributed by atoms with Crippen LogP contribution in [-0.2, 0) is 4.74 Å². The van der Waals surface area contributed by atoms with Crippen LogP contribution in [0.5, 0.6) is 0 Å². The number of rotatable bonds is 10. The summed E-state index contributed by atoms with van der Waals surface area (Å²) in [5, 5.41) is 3.64. The molecule has 15 heavy (non-hydrogen) atoms. The minimum Gasteiger partial charge on any atom is -0.381 e. The largest absolute Gasteiger partial charge is 0.381 e. The first kappa shape index (κ1) is 13.0. The minimum absolute atomic E-state index is 0.778. The Hall–Kier alpha value is -0.0800. The van der Waals surface area contributed by atoms with Crippen LogP contribution in [0.25, 0.3) is 0 Å². The van der Waals surface area contributed by atoms with Gasteiger partial charge >= 0.3 is 0 Å². The molecule has 0 radical (unpaired) electrons. The van der Waals surface area contributed by atoms with Crippen molar-refractivity contribution in [2.45, 2.75) is 58.4 Å².